The van der Waals surface area contributed by atoms with Gasteiger partial charge in [0.15, 0.2) is 0 Å². The molecule has 7 nitrogen and oxygen atoms in total. The number of aryl methyl sites for hydroxylation is 1. The Morgan fingerprint density at radius 2 is 1.76 bits per heavy atom. The van der Waals surface area contributed by atoms with Gasteiger partial charge in [-0.2, -0.15) is 5.21 Å². The zero-order valence-electron chi connectivity index (χ0n) is 16.5. The summed E-state index contributed by atoms with van der Waals surface area (Å²) in [4.78, 5) is 8.23. The second kappa shape index (κ2) is 8.79. The lowest BCUT2D eigenvalue weighted by atomic mass is 9.97. The van der Waals surface area contributed by atoms with Gasteiger partial charge in [-0.1, -0.05) is 55.5 Å². The van der Waals surface area contributed by atoms with E-state index in [4.69, 9.17) is 10.7 Å². The first-order chi connectivity index (χ1) is 14.3. The van der Waals surface area contributed by atoms with Gasteiger partial charge in [0.05, 0.1) is 5.69 Å². The third-order valence-corrected chi connectivity index (χ3v) is 4.94. The van der Waals surface area contributed by atoms with Crippen LogP contribution >= 0.6 is 0 Å². The lowest BCUT2D eigenvalue weighted by molar-refractivity contribution is 0.843. The number of hydrogen-bond acceptors (Lipinski definition) is 5. The normalized spacial score (nSPS) is 11.1. The third kappa shape index (κ3) is 4.25. The van der Waals surface area contributed by atoms with Crippen LogP contribution < -0.4 is 5.73 Å². The monoisotopic (exact) mass is 387 g/mol. The summed E-state index contributed by atoms with van der Waals surface area (Å²) in [6.45, 7) is 2.77. The Morgan fingerprint density at radius 1 is 0.966 bits per heavy atom. The Labute approximate surface area is 169 Å². The Hall–Kier alpha value is -3.32. The van der Waals surface area contributed by atoms with Crippen LogP contribution in [-0.2, 0) is 19.3 Å². The van der Waals surface area contributed by atoms with Gasteiger partial charge >= 0.3 is 0 Å². The molecule has 0 spiro atoms. The molecule has 148 valence electrons. The highest BCUT2D eigenvalue weighted by atomic mass is 15.5. The van der Waals surface area contributed by atoms with Gasteiger partial charge in [-0.3, -0.25) is 0 Å². The van der Waals surface area contributed by atoms with Crippen LogP contribution in [0.25, 0.3) is 22.5 Å². The van der Waals surface area contributed by atoms with E-state index in [1.54, 1.807) is 0 Å². The van der Waals surface area contributed by atoms with Gasteiger partial charge < -0.3 is 10.7 Å². The molecular formula is C22H25N7. The smallest absolute Gasteiger partial charge is 0.205 e. The average molecular weight is 387 g/mol. The highest BCUT2D eigenvalue weighted by Gasteiger charge is 2.12. The molecule has 0 saturated carbocycles. The molecule has 7 heteroatoms. The van der Waals surface area contributed by atoms with Crippen LogP contribution in [0.2, 0.25) is 0 Å². The largest absolute Gasteiger partial charge is 0.345 e. The zero-order chi connectivity index (χ0) is 20.1. The minimum atomic E-state index is 0.594. The Kier molecular flexibility index (Phi) is 5.76. The number of benzene rings is 2. The van der Waals surface area contributed by atoms with Crippen molar-refractivity contribution in [3.8, 4) is 22.5 Å². The van der Waals surface area contributed by atoms with E-state index in [1.807, 2.05) is 18.2 Å². The summed E-state index contributed by atoms with van der Waals surface area (Å²) in [5, 5.41) is 14.4. The quantitative estimate of drug-likeness (QED) is 0.430. The van der Waals surface area contributed by atoms with E-state index in [-0.39, 0.29) is 0 Å². The first-order valence-corrected chi connectivity index (χ1v) is 9.97. The number of hydrogen-bond donors (Lipinski definition) is 3. The van der Waals surface area contributed by atoms with Gasteiger partial charge in [0, 0.05) is 30.5 Å². The maximum atomic E-state index is 5.77. The van der Waals surface area contributed by atoms with Crippen molar-refractivity contribution in [3.63, 3.8) is 0 Å². The SMILES string of the molecule is CCCc1nc(CCN)c(Cc2ccc(-c3ccccc3-c3nn[nH]n3)cc2)[nH]1. The first-order valence-electron chi connectivity index (χ1n) is 9.97. The fourth-order valence-electron chi connectivity index (χ4n) is 3.56. The molecule has 4 N–H and O–H groups in total. The van der Waals surface area contributed by atoms with Crippen LogP contribution in [0.1, 0.15) is 36.1 Å². The zero-order valence-corrected chi connectivity index (χ0v) is 16.5. The fourth-order valence-corrected chi connectivity index (χ4v) is 3.56. The third-order valence-electron chi connectivity index (χ3n) is 4.94. The van der Waals surface area contributed by atoms with Crippen molar-refractivity contribution >= 4 is 0 Å². The molecule has 0 bridgehead atoms. The topological polar surface area (TPSA) is 109 Å². The van der Waals surface area contributed by atoms with Crippen molar-refractivity contribution in [2.75, 3.05) is 6.54 Å². The molecule has 0 unspecified atom stereocenters. The van der Waals surface area contributed by atoms with Crippen LogP contribution in [0.5, 0.6) is 0 Å². The number of imidazole rings is 1. The highest BCUT2D eigenvalue weighted by molar-refractivity contribution is 5.80. The average Bonchev–Trinajstić information content (AvgIpc) is 3.40. The Balaban J connectivity index is 1.59. The van der Waals surface area contributed by atoms with Crippen LogP contribution in [-0.4, -0.2) is 37.1 Å². The predicted molar refractivity (Wildman–Crippen MR) is 113 cm³/mol. The van der Waals surface area contributed by atoms with Gasteiger partial charge in [-0.25, -0.2) is 4.98 Å². The lowest BCUT2D eigenvalue weighted by Gasteiger charge is -2.08. The summed E-state index contributed by atoms with van der Waals surface area (Å²) in [5.74, 6) is 1.65. The van der Waals surface area contributed by atoms with E-state index in [2.05, 4.69) is 62.9 Å². The molecule has 0 aliphatic rings. The summed E-state index contributed by atoms with van der Waals surface area (Å²) in [7, 11) is 0. The molecule has 0 aliphatic carbocycles. The van der Waals surface area contributed by atoms with Gasteiger partial charge in [-0.05, 0) is 34.9 Å². The first kappa shape index (κ1) is 19.0. The molecule has 29 heavy (non-hydrogen) atoms. The number of nitrogens with two attached hydrogens (primary N) is 1. The minimum absolute atomic E-state index is 0.594. The van der Waals surface area contributed by atoms with Crippen LogP contribution in [0.3, 0.4) is 0 Å². The van der Waals surface area contributed by atoms with Gasteiger partial charge in [0.25, 0.3) is 0 Å². The summed E-state index contributed by atoms with van der Waals surface area (Å²) in [6.07, 6.45) is 3.65. The number of H-pyrrole nitrogens is 2. The van der Waals surface area contributed by atoms with E-state index >= 15 is 0 Å². The molecule has 0 amide bonds. The maximum Gasteiger partial charge on any atom is 0.205 e. The molecule has 0 aliphatic heterocycles. The molecule has 0 radical (unpaired) electrons. The van der Waals surface area contributed by atoms with E-state index in [0.717, 1.165) is 53.9 Å². The van der Waals surface area contributed by atoms with Gasteiger partial charge in [0.1, 0.15) is 5.82 Å². The van der Waals surface area contributed by atoms with Crippen molar-refractivity contribution in [2.24, 2.45) is 5.73 Å². The number of aromatic amines is 2. The minimum Gasteiger partial charge on any atom is -0.345 e. The number of rotatable bonds is 8. The predicted octanol–water partition coefficient (Wildman–Crippen LogP) is 3.30. The summed E-state index contributed by atoms with van der Waals surface area (Å²) in [5.41, 5.74) is 12.4. The number of aromatic nitrogens is 6. The fraction of sp³-hybridized carbons (Fsp3) is 0.273. The molecule has 4 aromatic rings. The summed E-state index contributed by atoms with van der Waals surface area (Å²) >= 11 is 0. The number of nitrogens with zero attached hydrogens (tertiary/aromatic N) is 4. The van der Waals surface area contributed by atoms with Gasteiger partial charge in [0.2, 0.25) is 5.82 Å². The maximum absolute atomic E-state index is 5.77. The highest BCUT2D eigenvalue weighted by Crippen LogP contribution is 2.30. The van der Waals surface area contributed by atoms with Crippen molar-refractivity contribution < 1.29 is 0 Å². The number of tetrazole rings is 1. The van der Waals surface area contributed by atoms with Gasteiger partial charge in [-0.15, -0.1) is 10.2 Å². The molecular weight excluding hydrogens is 362 g/mol. The second-order valence-corrected chi connectivity index (χ2v) is 7.05. The summed E-state index contributed by atoms with van der Waals surface area (Å²) < 4.78 is 0. The van der Waals surface area contributed by atoms with Crippen LogP contribution in [0.4, 0.5) is 0 Å². The molecule has 0 atom stereocenters. The molecule has 2 aromatic carbocycles. The Bertz CT molecular complexity index is 1050. The van der Waals surface area contributed by atoms with Crippen LogP contribution in [0, 0.1) is 0 Å². The standard InChI is InChI=1S/C22H25N7/c1-2-5-21-24-19(12-13-23)20(25-21)14-15-8-10-16(11-9-15)17-6-3-4-7-18(17)22-26-28-29-27-22/h3-4,6-11H,2,5,12-14,23H2,1H3,(H,24,25)(H,26,27,28,29). The molecule has 0 saturated heterocycles. The second-order valence-electron chi connectivity index (χ2n) is 7.05. The van der Waals surface area contributed by atoms with E-state index in [0.29, 0.717) is 12.4 Å². The van der Waals surface area contributed by atoms with E-state index in [1.165, 1.54) is 11.3 Å². The lowest BCUT2D eigenvalue weighted by Crippen LogP contribution is -2.05. The van der Waals surface area contributed by atoms with Crippen molar-refractivity contribution in [1.82, 2.24) is 30.6 Å². The molecule has 2 aromatic heterocycles. The van der Waals surface area contributed by atoms with Crippen molar-refractivity contribution in [2.45, 2.75) is 32.6 Å². The summed E-state index contributed by atoms with van der Waals surface area (Å²) in [6, 6.07) is 16.7. The molecule has 4 rings (SSSR count). The van der Waals surface area contributed by atoms with E-state index in [9.17, 15) is 0 Å². The van der Waals surface area contributed by atoms with Crippen molar-refractivity contribution in [3.05, 3.63) is 71.3 Å². The number of nitrogens with one attached hydrogen (secondary N) is 2. The van der Waals surface area contributed by atoms with Crippen LogP contribution in [0.15, 0.2) is 48.5 Å². The van der Waals surface area contributed by atoms with Crippen molar-refractivity contribution in [1.29, 1.82) is 0 Å². The Morgan fingerprint density at radius 3 is 2.45 bits per heavy atom. The van der Waals surface area contributed by atoms with E-state index < -0.39 is 0 Å². The molecule has 0 fully saturated rings. The molecule has 2 heterocycles.